The Labute approximate surface area is 94.2 Å². The SMILES string of the molecule is Cc1ccn(CCc2nccn2C)c(=O)c1. The molecule has 0 spiro atoms. The Hall–Kier alpha value is -1.84. The standard InChI is InChI=1S/C12H15N3O/c1-10-3-6-15(12(16)9-10)7-4-11-13-5-8-14(11)2/h3,5-6,8-9H,4,7H2,1-2H3. The lowest BCUT2D eigenvalue weighted by atomic mass is 10.3. The van der Waals surface area contributed by atoms with Crippen LogP contribution in [0.15, 0.2) is 35.5 Å². The van der Waals surface area contributed by atoms with Crippen LogP contribution in [-0.4, -0.2) is 14.1 Å². The predicted octanol–water partition coefficient (Wildman–Crippen LogP) is 1.13. The quantitative estimate of drug-likeness (QED) is 0.773. The normalized spacial score (nSPS) is 10.6. The molecule has 0 fully saturated rings. The maximum atomic E-state index is 11.6. The van der Waals surface area contributed by atoms with Crippen molar-refractivity contribution in [3.05, 3.63) is 52.5 Å². The van der Waals surface area contributed by atoms with Crippen molar-refractivity contribution in [3.8, 4) is 0 Å². The van der Waals surface area contributed by atoms with Crippen molar-refractivity contribution in [3.63, 3.8) is 0 Å². The molecule has 0 atom stereocenters. The largest absolute Gasteiger partial charge is 0.338 e. The first-order chi connectivity index (χ1) is 7.66. The predicted molar refractivity (Wildman–Crippen MR) is 62.4 cm³/mol. The van der Waals surface area contributed by atoms with Gasteiger partial charge in [0.1, 0.15) is 5.82 Å². The molecule has 0 aliphatic carbocycles. The highest BCUT2D eigenvalue weighted by molar-refractivity contribution is 5.08. The molecule has 2 heterocycles. The highest BCUT2D eigenvalue weighted by atomic mass is 16.1. The van der Waals surface area contributed by atoms with Crippen molar-refractivity contribution in [2.24, 2.45) is 7.05 Å². The molecule has 4 heteroatoms. The number of hydrogen-bond acceptors (Lipinski definition) is 2. The van der Waals surface area contributed by atoms with Crippen LogP contribution in [0.2, 0.25) is 0 Å². The van der Waals surface area contributed by atoms with Gasteiger partial charge in [-0.15, -0.1) is 0 Å². The van der Waals surface area contributed by atoms with E-state index in [0.29, 0.717) is 6.54 Å². The minimum absolute atomic E-state index is 0.0502. The number of hydrogen-bond donors (Lipinski definition) is 0. The Balaban J connectivity index is 2.11. The molecule has 0 bridgehead atoms. The lowest BCUT2D eigenvalue weighted by Gasteiger charge is -2.05. The summed E-state index contributed by atoms with van der Waals surface area (Å²) in [5.41, 5.74) is 1.05. The zero-order valence-corrected chi connectivity index (χ0v) is 9.55. The van der Waals surface area contributed by atoms with E-state index in [1.807, 2.05) is 37.0 Å². The summed E-state index contributed by atoms with van der Waals surface area (Å²) in [6, 6.07) is 3.60. The van der Waals surface area contributed by atoms with Crippen LogP contribution < -0.4 is 5.56 Å². The third-order valence-electron chi connectivity index (χ3n) is 2.65. The Bertz CT molecular complexity index is 539. The Morgan fingerprint density at radius 1 is 1.38 bits per heavy atom. The summed E-state index contributed by atoms with van der Waals surface area (Å²) < 4.78 is 3.68. The number of rotatable bonds is 3. The lowest BCUT2D eigenvalue weighted by molar-refractivity contribution is 0.631. The molecule has 0 aromatic carbocycles. The number of aryl methyl sites for hydroxylation is 4. The number of pyridine rings is 1. The lowest BCUT2D eigenvalue weighted by Crippen LogP contribution is -2.20. The van der Waals surface area contributed by atoms with Gasteiger partial charge in [-0.3, -0.25) is 4.79 Å². The van der Waals surface area contributed by atoms with Crippen LogP contribution in [0.4, 0.5) is 0 Å². The first-order valence-electron chi connectivity index (χ1n) is 5.30. The Kier molecular flexibility index (Phi) is 2.90. The molecule has 2 rings (SSSR count). The highest BCUT2D eigenvalue weighted by Crippen LogP contribution is 1.98. The van der Waals surface area contributed by atoms with Crippen molar-refractivity contribution in [2.75, 3.05) is 0 Å². The van der Waals surface area contributed by atoms with Gasteiger partial charge in [0.05, 0.1) is 0 Å². The van der Waals surface area contributed by atoms with E-state index < -0.39 is 0 Å². The minimum Gasteiger partial charge on any atom is -0.338 e. The Morgan fingerprint density at radius 2 is 2.19 bits per heavy atom. The zero-order chi connectivity index (χ0) is 11.5. The first kappa shape index (κ1) is 10.7. The Morgan fingerprint density at radius 3 is 2.81 bits per heavy atom. The van der Waals surface area contributed by atoms with Gasteiger partial charge in [0.2, 0.25) is 0 Å². The molecule has 0 radical (unpaired) electrons. The molecule has 0 N–H and O–H groups in total. The molecular weight excluding hydrogens is 202 g/mol. The molecule has 0 unspecified atom stereocenters. The van der Waals surface area contributed by atoms with Crippen LogP contribution in [0.25, 0.3) is 0 Å². The average molecular weight is 217 g/mol. The molecular formula is C12H15N3O. The molecule has 0 saturated heterocycles. The van der Waals surface area contributed by atoms with Gasteiger partial charge in [0, 0.05) is 44.7 Å². The summed E-state index contributed by atoms with van der Waals surface area (Å²) >= 11 is 0. The van der Waals surface area contributed by atoms with E-state index in [9.17, 15) is 4.79 Å². The molecule has 4 nitrogen and oxygen atoms in total. The highest BCUT2D eigenvalue weighted by Gasteiger charge is 2.01. The van der Waals surface area contributed by atoms with E-state index in [2.05, 4.69) is 4.98 Å². The van der Waals surface area contributed by atoms with E-state index in [1.54, 1.807) is 16.8 Å². The maximum Gasteiger partial charge on any atom is 0.250 e. The van der Waals surface area contributed by atoms with Crippen LogP contribution in [-0.2, 0) is 20.0 Å². The summed E-state index contributed by atoms with van der Waals surface area (Å²) in [6.07, 6.45) is 6.29. The molecule has 2 aromatic rings. The summed E-state index contributed by atoms with van der Waals surface area (Å²) in [5, 5.41) is 0. The fourth-order valence-electron chi connectivity index (χ4n) is 1.65. The van der Waals surface area contributed by atoms with Gasteiger partial charge < -0.3 is 9.13 Å². The van der Waals surface area contributed by atoms with Crippen molar-refractivity contribution in [1.29, 1.82) is 0 Å². The first-order valence-corrected chi connectivity index (χ1v) is 5.30. The third kappa shape index (κ3) is 2.21. The van der Waals surface area contributed by atoms with E-state index in [1.165, 1.54) is 0 Å². The van der Waals surface area contributed by atoms with Crippen molar-refractivity contribution < 1.29 is 0 Å². The monoisotopic (exact) mass is 217 g/mol. The van der Waals surface area contributed by atoms with Gasteiger partial charge in [0.15, 0.2) is 0 Å². The van der Waals surface area contributed by atoms with Crippen molar-refractivity contribution in [2.45, 2.75) is 19.9 Å². The van der Waals surface area contributed by atoms with Crippen LogP contribution in [0.5, 0.6) is 0 Å². The molecule has 0 saturated carbocycles. The van der Waals surface area contributed by atoms with Crippen molar-refractivity contribution >= 4 is 0 Å². The van der Waals surface area contributed by atoms with Crippen LogP contribution in [0, 0.1) is 6.92 Å². The summed E-state index contributed by atoms with van der Waals surface area (Å²) in [6.45, 7) is 2.59. The summed E-state index contributed by atoms with van der Waals surface area (Å²) in [4.78, 5) is 15.8. The van der Waals surface area contributed by atoms with Gasteiger partial charge >= 0.3 is 0 Å². The van der Waals surface area contributed by atoms with Gasteiger partial charge in [-0.2, -0.15) is 0 Å². The van der Waals surface area contributed by atoms with Gasteiger partial charge in [0.25, 0.3) is 5.56 Å². The van der Waals surface area contributed by atoms with Gasteiger partial charge in [-0.25, -0.2) is 4.98 Å². The fraction of sp³-hybridized carbons (Fsp3) is 0.333. The number of imidazole rings is 1. The molecule has 16 heavy (non-hydrogen) atoms. The number of aromatic nitrogens is 3. The average Bonchev–Trinajstić information content (AvgIpc) is 2.63. The molecule has 0 aliphatic rings. The van der Waals surface area contributed by atoms with E-state index in [4.69, 9.17) is 0 Å². The smallest absolute Gasteiger partial charge is 0.250 e. The molecule has 2 aromatic heterocycles. The van der Waals surface area contributed by atoms with Gasteiger partial charge in [-0.05, 0) is 18.6 Å². The van der Waals surface area contributed by atoms with Gasteiger partial charge in [-0.1, -0.05) is 0 Å². The number of nitrogens with zero attached hydrogens (tertiary/aromatic N) is 3. The van der Waals surface area contributed by atoms with E-state index in [0.717, 1.165) is 17.8 Å². The van der Waals surface area contributed by atoms with Crippen LogP contribution in [0.1, 0.15) is 11.4 Å². The maximum absolute atomic E-state index is 11.6. The van der Waals surface area contributed by atoms with Crippen LogP contribution in [0.3, 0.4) is 0 Å². The zero-order valence-electron chi connectivity index (χ0n) is 9.55. The van der Waals surface area contributed by atoms with E-state index in [-0.39, 0.29) is 5.56 Å². The second-order valence-corrected chi connectivity index (χ2v) is 3.94. The van der Waals surface area contributed by atoms with E-state index >= 15 is 0 Å². The topological polar surface area (TPSA) is 39.8 Å². The summed E-state index contributed by atoms with van der Waals surface area (Å²) in [5.74, 6) is 0.993. The minimum atomic E-state index is 0.0502. The molecule has 84 valence electrons. The second-order valence-electron chi connectivity index (χ2n) is 3.94. The molecule has 0 aliphatic heterocycles. The second kappa shape index (κ2) is 4.35. The molecule has 0 amide bonds. The van der Waals surface area contributed by atoms with Crippen LogP contribution >= 0.6 is 0 Å². The fourth-order valence-corrected chi connectivity index (χ4v) is 1.65. The summed E-state index contributed by atoms with van der Waals surface area (Å²) in [7, 11) is 1.96. The third-order valence-corrected chi connectivity index (χ3v) is 2.65. The van der Waals surface area contributed by atoms with Crippen molar-refractivity contribution in [1.82, 2.24) is 14.1 Å².